The average Bonchev–Trinajstić information content (AvgIpc) is 3.08. The Labute approximate surface area is 280 Å². The molecule has 4 aliphatic carbocycles. The smallest absolute Gasteiger partial charge is 0.258 e. The fraction of sp³-hybridized carbons (Fsp3) is 0.500. The fourth-order valence-electron chi connectivity index (χ4n) is 8.88. The van der Waals surface area contributed by atoms with Crippen molar-refractivity contribution in [3.63, 3.8) is 0 Å². The lowest BCUT2D eigenvalue weighted by Gasteiger charge is -2.56. The van der Waals surface area contributed by atoms with E-state index in [4.69, 9.17) is 16.2 Å². The second-order valence-electron chi connectivity index (χ2n) is 14.2. The molecule has 0 atom stereocenters. The number of benzene rings is 1. The van der Waals surface area contributed by atoms with Crippen LogP contribution < -0.4 is 26.4 Å². The van der Waals surface area contributed by atoms with Gasteiger partial charge in [0.25, 0.3) is 5.88 Å². The van der Waals surface area contributed by atoms with E-state index in [1.165, 1.54) is 38.5 Å². The minimum absolute atomic E-state index is 0.00260. The van der Waals surface area contributed by atoms with Crippen molar-refractivity contribution in [2.24, 2.45) is 23.2 Å². The number of rotatable bonds is 10. The Kier molecular flexibility index (Phi) is 8.77. The first-order valence-electron chi connectivity index (χ1n) is 17.1. The highest BCUT2D eigenvalue weighted by atomic mass is 16.5. The van der Waals surface area contributed by atoms with Crippen LogP contribution in [0, 0.1) is 34.5 Å². The Hall–Kier alpha value is -4.92. The van der Waals surface area contributed by atoms with E-state index in [9.17, 15) is 14.9 Å². The molecule has 0 unspecified atom stereocenters. The number of nitrogens with two attached hydrogens (primary N) is 2. The van der Waals surface area contributed by atoms with Crippen molar-refractivity contribution in [3.8, 4) is 23.2 Å². The molecule has 8 rings (SSSR count). The summed E-state index contributed by atoms with van der Waals surface area (Å²) in [4.78, 5) is 42.5. The molecule has 0 spiro atoms. The van der Waals surface area contributed by atoms with E-state index in [2.05, 4.69) is 31.2 Å². The monoisotopic (exact) mass is 649 g/mol. The zero-order chi connectivity index (χ0) is 33.3. The largest absolute Gasteiger partial charge is 0.470 e. The van der Waals surface area contributed by atoms with E-state index in [-0.39, 0.29) is 43.0 Å². The van der Waals surface area contributed by atoms with Crippen molar-refractivity contribution in [2.45, 2.75) is 58.0 Å². The summed E-state index contributed by atoms with van der Waals surface area (Å²) < 4.78 is 5.82. The molecule has 2 aromatic heterocycles. The van der Waals surface area contributed by atoms with Crippen LogP contribution in [0.15, 0.2) is 42.7 Å². The quantitative estimate of drug-likeness (QED) is 0.292. The van der Waals surface area contributed by atoms with Gasteiger partial charge < -0.3 is 31.3 Å². The van der Waals surface area contributed by atoms with E-state index in [0.717, 1.165) is 35.5 Å². The van der Waals surface area contributed by atoms with Gasteiger partial charge in [0.05, 0.1) is 23.1 Å². The highest BCUT2D eigenvalue weighted by molar-refractivity contribution is 5.84. The summed E-state index contributed by atoms with van der Waals surface area (Å²) >= 11 is 0. The number of aromatic nitrogens is 3. The molecule has 12 heteroatoms. The van der Waals surface area contributed by atoms with E-state index in [0.29, 0.717) is 54.2 Å². The van der Waals surface area contributed by atoms with Crippen molar-refractivity contribution in [2.75, 3.05) is 49.1 Å². The molecule has 4 saturated carbocycles. The number of nitrogens with zero attached hydrogens (tertiary/aromatic N) is 6. The third kappa shape index (κ3) is 6.86. The maximum Gasteiger partial charge on any atom is 0.258 e. The van der Waals surface area contributed by atoms with E-state index < -0.39 is 0 Å². The molecule has 1 aromatic carbocycles. The molecular formula is C36H43N9O3. The van der Waals surface area contributed by atoms with Crippen LogP contribution in [0.1, 0.15) is 62.5 Å². The van der Waals surface area contributed by atoms with Gasteiger partial charge >= 0.3 is 0 Å². The number of nitrogen functional groups attached to an aromatic ring is 2. The summed E-state index contributed by atoms with van der Waals surface area (Å²) in [7, 11) is 0. The first kappa shape index (κ1) is 31.7. The molecule has 3 heterocycles. The lowest BCUT2D eigenvalue weighted by molar-refractivity contribution is -0.134. The van der Waals surface area contributed by atoms with Crippen molar-refractivity contribution < 1.29 is 14.3 Å². The van der Waals surface area contributed by atoms with Gasteiger partial charge in [-0.1, -0.05) is 6.07 Å². The minimum Gasteiger partial charge on any atom is -0.470 e. The Bertz CT molecular complexity index is 1690. The average molecular weight is 650 g/mol. The molecule has 1 aliphatic heterocycles. The molecular weight excluding hydrogens is 606 g/mol. The number of carbonyl (C=O) groups excluding carboxylic acids is 2. The van der Waals surface area contributed by atoms with Gasteiger partial charge in [-0.2, -0.15) is 5.26 Å². The standard InChI is InChI=1S/C36H43N9O3/c37-19-28-15-27(29-20-41-34(39)35(43-29)48-21-23-5-6-40-31(38)14-23)1-2-30(28)44-7-9-45(10-8-44)33(47)4-3-32(46)42-22-36-16-24-11-25(17-36)13-26(12-24)18-36/h1-2,5-6,14-15,20,24-26H,3-4,7-13,16-18,21-22H2,(H2,38,40)(H2,39,41)(H,42,46). The Morgan fingerprint density at radius 2 is 1.71 bits per heavy atom. The molecule has 12 nitrogen and oxygen atoms in total. The Balaban J connectivity index is 0.903. The Morgan fingerprint density at radius 1 is 0.979 bits per heavy atom. The molecule has 5 fully saturated rings. The third-order valence-electron chi connectivity index (χ3n) is 10.8. The van der Waals surface area contributed by atoms with Crippen LogP contribution in [0.25, 0.3) is 11.3 Å². The second kappa shape index (κ2) is 13.3. The molecule has 250 valence electrons. The third-order valence-corrected chi connectivity index (χ3v) is 10.8. The molecule has 2 amide bonds. The minimum atomic E-state index is -0.0140. The zero-order valence-electron chi connectivity index (χ0n) is 27.2. The van der Waals surface area contributed by atoms with Crippen molar-refractivity contribution >= 4 is 29.1 Å². The van der Waals surface area contributed by atoms with Gasteiger partial charge in [0.2, 0.25) is 11.8 Å². The van der Waals surface area contributed by atoms with Gasteiger partial charge in [0, 0.05) is 57.3 Å². The molecule has 4 bridgehead atoms. The molecule has 3 aromatic rings. The van der Waals surface area contributed by atoms with Gasteiger partial charge in [-0.25, -0.2) is 15.0 Å². The lowest BCUT2D eigenvalue weighted by Crippen LogP contribution is -2.51. The van der Waals surface area contributed by atoms with Gasteiger partial charge in [-0.15, -0.1) is 0 Å². The van der Waals surface area contributed by atoms with Gasteiger partial charge in [0.15, 0.2) is 5.82 Å². The predicted molar refractivity (Wildman–Crippen MR) is 181 cm³/mol. The number of nitriles is 1. The van der Waals surface area contributed by atoms with E-state index >= 15 is 0 Å². The van der Waals surface area contributed by atoms with Crippen LogP contribution >= 0.6 is 0 Å². The number of ether oxygens (including phenoxy) is 1. The summed E-state index contributed by atoms with van der Waals surface area (Å²) in [6.07, 6.45) is 11.5. The van der Waals surface area contributed by atoms with Crippen LogP contribution in [-0.2, 0) is 16.2 Å². The van der Waals surface area contributed by atoms with E-state index in [1.807, 2.05) is 17.0 Å². The zero-order valence-corrected chi connectivity index (χ0v) is 27.2. The summed E-state index contributed by atoms with van der Waals surface area (Å²) in [5, 5.41) is 13.2. The number of carbonyl (C=O) groups is 2. The Morgan fingerprint density at radius 3 is 2.40 bits per heavy atom. The van der Waals surface area contributed by atoms with Crippen LogP contribution in [-0.4, -0.2) is 64.4 Å². The maximum atomic E-state index is 13.0. The molecule has 5 N–H and O–H groups in total. The number of pyridine rings is 1. The summed E-state index contributed by atoms with van der Waals surface area (Å²) in [5.41, 5.74) is 15.4. The summed E-state index contributed by atoms with van der Waals surface area (Å²) in [6, 6.07) is 11.4. The number of hydrogen-bond acceptors (Lipinski definition) is 10. The maximum absolute atomic E-state index is 13.0. The summed E-state index contributed by atoms with van der Waals surface area (Å²) in [6.45, 7) is 3.22. The highest BCUT2D eigenvalue weighted by Crippen LogP contribution is 2.59. The van der Waals surface area contributed by atoms with E-state index in [1.54, 1.807) is 30.6 Å². The second-order valence-corrected chi connectivity index (χ2v) is 14.2. The number of hydrogen-bond donors (Lipinski definition) is 3. The first-order chi connectivity index (χ1) is 23.3. The topological polar surface area (TPSA) is 176 Å². The number of amides is 2. The van der Waals surface area contributed by atoms with Gasteiger partial charge in [-0.05, 0) is 91.5 Å². The van der Waals surface area contributed by atoms with Crippen LogP contribution in [0.5, 0.6) is 5.88 Å². The van der Waals surface area contributed by atoms with Crippen LogP contribution in [0.3, 0.4) is 0 Å². The fourth-order valence-corrected chi connectivity index (χ4v) is 8.88. The number of anilines is 3. The van der Waals surface area contributed by atoms with Crippen LogP contribution in [0.4, 0.5) is 17.3 Å². The lowest BCUT2D eigenvalue weighted by atomic mass is 9.49. The molecule has 0 radical (unpaired) electrons. The van der Waals surface area contributed by atoms with Gasteiger partial charge in [0.1, 0.15) is 18.5 Å². The van der Waals surface area contributed by atoms with Gasteiger partial charge in [-0.3, -0.25) is 9.59 Å². The summed E-state index contributed by atoms with van der Waals surface area (Å²) in [5.74, 6) is 3.28. The first-order valence-corrected chi connectivity index (χ1v) is 17.1. The van der Waals surface area contributed by atoms with Crippen molar-refractivity contribution in [1.29, 1.82) is 5.26 Å². The highest BCUT2D eigenvalue weighted by Gasteiger charge is 2.50. The normalized spacial score (nSPS) is 24.3. The van der Waals surface area contributed by atoms with Crippen molar-refractivity contribution in [3.05, 3.63) is 53.9 Å². The number of nitrogens with one attached hydrogen (secondary N) is 1. The number of piperazine rings is 1. The van der Waals surface area contributed by atoms with Crippen molar-refractivity contribution in [1.82, 2.24) is 25.2 Å². The SMILES string of the molecule is N#Cc1cc(-c2cnc(N)c(OCc3ccnc(N)c3)n2)ccc1N1CCN(C(=O)CCC(=O)NCC23CC4CC(CC(C4)C2)C3)CC1. The molecule has 48 heavy (non-hydrogen) atoms. The molecule has 1 saturated heterocycles. The predicted octanol–water partition coefficient (Wildman–Crippen LogP) is 3.92. The molecule has 5 aliphatic rings. The van der Waals surface area contributed by atoms with Crippen LogP contribution in [0.2, 0.25) is 0 Å².